The van der Waals surface area contributed by atoms with E-state index in [0.29, 0.717) is 17.8 Å². The zero-order valence-corrected chi connectivity index (χ0v) is 15.9. The first-order valence-electron chi connectivity index (χ1n) is 10.2. The lowest BCUT2D eigenvalue weighted by Gasteiger charge is -2.31. The van der Waals surface area contributed by atoms with Gasteiger partial charge >= 0.3 is 0 Å². The van der Waals surface area contributed by atoms with Gasteiger partial charge in [-0.3, -0.25) is 9.69 Å². The van der Waals surface area contributed by atoms with E-state index < -0.39 is 0 Å². The second kappa shape index (κ2) is 7.36. The Hall–Kier alpha value is -2.73. The van der Waals surface area contributed by atoms with Crippen molar-refractivity contribution < 1.29 is 4.79 Å². The quantitative estimate of drug-likeness (QED) is 0.744. The van der Waals surface area contributed by atoms with E-state index in [4.69, 9.17) is 0 Å². The average molecular weight is 375 g/mol. The highest BCUT2D eigenvalue weighted by Crippen LogP contribution is 2.24. The SMILES string of the molecule is O=C(NC1CC1)c1cn(C2CCN(Cc3ccc4ccccc4c3)CC2)nn1. The lowest BCUT2D eigenvalue weighted by Crippen LogP contribution is -2.34. The number of nitrogens with zero attached hydrogens (tertiary/aromatic N) is 4. The van der Waals surface area contributed by atoms with E-state index in [1.807, 2.05) is 4.68 Å². The summed E-state index contributed by atoms with van der Waals surface area (Å²) in [5, 5.41) is 13.9. The van der Waals surface area contributed by atoms with Crippen LogP contribution >= 0.6 is 0 Å². The van der Waals surface area contributed by atoms with Crippen LogP contribution in [0.25, 0.3) is 10.8 Å². The molecule has 144 valence electrons. The standard InChI is InChI=1S/C22H25N5O/c28-22(23-19-7-8-19)21-15-27(25-24-21)20-9-11-26(12-10-20)14-16-5-6-17-3-1-2-4-18(17)13-16/h1-6,13,15,19-20H,7-12,14H2,(H,23,28). The van der Waals surface area contributed by atoms with E-state index >= 15 is 0 Å². The summed E-state index contributed by atoms with van der Waals surface area (Å²) in [4.78, 5) is 14.6. The molecule has 3 aromatic rings. The first kappa shape index (κ1) is 17.4. The van der Waals surface area contributed by atoms with Crippen LogP contribution in [-0.2, 0) is 6.54 Å². The molecule has 1 N–H and O–H groups in total. The molecule has 1 aliphatic carbocycles. The summed E-state index contributed by atoms with van der Waals surface area (Å²) in [5.74, 6) is -0.0949. The molecule has 1 aliphatic heterocycles. The molecule has 2 fully saturated rings. The number of hydrogen-bond donors (Lipinski definition) is 1. The van der Waals surface area contributed by atoms with Gasteiger partial charge < -0.3 is 5.32 Å². The van der Waals surface area contributed by atoms with Gasteiger partial charge in [0.2, 0.25) is 0 Å². The molecule has 6 heteroatoms. The number of benzene rings is 2. The Balaban J connectivity index is 1.18. The van der Waals surface area contributed by atoms with E-state index in [9.17, 15) is 4.79 Å². The number of aromatic nitrogens is 3. The summed E-state index contributed by atoms with van der Waals surface area (Å²) in [6.07, 6.45) is 6.02. The minimum absolute atomic E-state index is 0.0949. The van der Waals surface area contributed by atoms with Crippen LogP contribution in [0.15, 0.2) is 48.7 Å². The predicted octanol–water partition coefficient (Wildman–Crippen LogP) is 3.16. The minimum Gasteiger partial charge on any atom is -0.348 e. The van der Waals surface area contributed by atoms with Crippen molar-refractivity contribution in [1.82, 2.24) is 25.2 Å². The molecule has 1 saturated carbocycles. The van der Waals surface area contributed by atoms with Crippen molar-refractivity contribution in [3.05, 3.63) is 59.9 Å². The summed E-state index contributed by atoms with van der Waals surface area (Å²) in [7, 11) is 0. The third-order valence-electron chi connectivity index (χ3n) is 5.81. The highest BCUT2D eigenvalue weighted by molar-refractivity contribution is 5.92. The number of fused-ring (bicyclic) bond motifs is 1. The maximum Gasteiger partial charge on any atom is 0.273 e. The van der Waals surface area contributed by atoms with Gasteiger partial charge in [0.05, 0.1) is 12.2 Å². The predicted molar refractivity (Wildman–Crippen MR) is 108 cm³/mol. The van der Waals surface area contributed by atoms with Gasteiger partial charge in [-0.25, -0.2) is 4.68 Å². The number of likely N-dealkylation sites (tertiary alicyclic amines) is 1. The minimum atomic E-state index is -0.0949. The molecule has 1 saturated heterocycles. The summed E-state index contributed by atoms with van der Waals surface area (Å²) in [5.41, 5.74) is 1.79. The van der Waals surface area contributed by atoms with Gasteiger partial charge in [0.15, 0.2) is 5.69 Å². The van der Waals surface area contributed by atoms with Crippen LogP contribution in [0.5, 0.6) is 0 Å². The highest BCUT2D eigenvalue weighted by Gasteiger charge is 2.26. The van der Waals surface area contributed by atoms with Crippen molar-refractivity contribution >= 4 is 16.7 Å². The van der Waals surface area contributed by atoms with Crippen LogP contribution in [0, 0.1) is 0 Å². The zero-order valence-electron chi connectivity index (χ0n) is 15.9. The molecule has 0 spiro atoms. The first-order chi connectivity index (χ1) is 13.7. The number of rotatable bonds is 5. The van der Waals surface area contributed by atoms with Crippen molar-refractivity contribution in [1.29, 1.82) is 0 Å². The van der Waals surface area contributed by atoms with E-state index in [1.165, 1.54) is 16.3 Å². The Morgan fingerprint density at radius 3 is 2.61 bits per heavy atom. The number of nitrogens with one attached hydrogen (secondary N) is 1. The largest absolute Gasteiger partial charge is 0.348 e. The molecule has 2 heterocycles. The lowest BCUT2D eigenvalue weighted by molar-refractivity contribution is 0.0946. The Kier molecular flexibility index (Phi) is 4.56. The molecule has 2 aromatic carbocycles. The molecule has 0 atom stereocenters. The van der Waals surface area contributed by atoms with E-state index in [2.05, 4.69) is 63.0 Å². The molecule has 6 nitrogen and oxygen atoms in total. The fourth-order valence-corrected chi connectivity index (χ4v) is 3.98. The third kappa shape index (κ3) is 3.78. The smallest absolute Gasteiger partial charge is 0.273 e. The number of amides is 1. The first-order valence-corrected chi connectivity index (χ1v) is 10.2. The summed E-state index contributed by atoms with van der Waals surface area (Å²) >= 11 is 0. The zero-order chi connectivity index (χ0) is 18.9. The van der Waals surface area contributed by atoms with Crippen LogP contribution < -0.4 is 5.32 Å². The number of piperidine rings is 1. The van der Waals surface area contributed by atoms with Crippen LogP contribution in [0.1, 0.15) is 47.8 Å². The van der Waals surface area contributed by atoms with E-state index in [-0.39, 0.29) is 5.91 Å². The van der Waals surface area contributed by atoms with Crippen molar-refractivity contribution in [2.24, 2.45) is 0 Å². The van der Waals surface area contributed by atoms with Gasteiger partial charge in [-0.15, -0.1) is 5.10 Å². The van der Waals surface area contributed by atoms with Gasteiger partial charge in [-0.05, 0) is 48.1 Å². The normalized spacial score (nSPS) is 18.4. The van der Waals surface area contributed by atoms with Gasteiger partial charge in [0.25, 0.3) is 5.91 Å². The van der Waals surface area contributed by atoms with Crippen LogP contribution in [0.3, 0.4) is 0 Å². The molecule has 1 aromatic heterocycles. The fourth-order valence-electron chi connectivity index (χ4n) is 3.98. The molecule has 0 unspecified atom stereocenters. The van der Waals surface area contributed by atoms with Gasteiger partial charge in [-0.2, -0.15) is 0 Å². The molecular formula is C22H25N5O. The topological polar surface area (TPSA) is 63.1 Å². The Bertz CT molecular complexity index is 985. The van der Waals surface area contributed by atoms with Gasteiger partial charge in [0, 0.05) is 25.7 Å². The number of carbonyl (C=O) groups excluding carboxylic acids is 1. The van der Waals surface area contributed by atoms with Crippen molar-refractivity contribution in [3.8, 4) is 0 Å². The van der Waals surface area contributed by atoms with Crippen LogP contribution in [0.4, 0.5) is 0 Å². The maximum absolute atomic E-state index is 12.1. The van der Waals surface area contributed by atoms with Gasteiger partial charge in [-0.1, -0.05) is 41.6 Å². The maximum atomic E-state index is 12.1. The second-order valence-electron chi connectivity index (χ2n) is 8.02. The molecule has 0 radical (unpaired) electrons. The lowest BCUT2D eigenvalue weighted by atomic mass is 10.0. The summed E-state index contributed by atoms with van der Waals surface area (Å²) < 4.78 is 1.88. The fraction of sp³-hybridized carbons (Fsp3) is 0.409. The third-order valence-corrected chi connectivity index (χ3v) is 5.81. The van der Waals surface area contributed by atoms with Crippen molar-refractivity contribution in [2.75, 3.05) is 13.1 Å². The monoisotopic (exact) mass is 375 g/mol. The van der Waals surface area contributed by atoms with Gasteiger partial charge in [0.1, 0.15) is 0 Å². The summed E-state index contributed by atoms with van der Waals surface area (Å²) in [6.45, 7) is 3.03. The van der Waals surface area contributed by atoms with Crippen molar-refractivity contribution in [2.45, 2.75) is 44.3 Å². The molecular weight excluding hydrogens is 350 g/mol. The van der Waals surface area contributed by atoms with E-state index in [1.54, 1.807) is 6.20 Å². The molecule has 1 amide bonds. The molecule has 5 rings (SSSR count). The average Bonchev–Trinajstić information content (AvgIpc) is 3.40. The molecule has 2 aliphatic rings. The Morgan fingerprint density at radius 2 is 1.82 bits per heavy atom. The van der Waals surface area contributed by atoms with Crippen LogP contribution in [-0.4, -0.2) is 44.9 Å². The Labute approximate surface area is 164 Å². The summed E-state index contributed by atoms with van der Waals surface area (Å²) in [6, 6.07) is 15.9. The number of hydrogen-bond acceptors (Lipinski definition) is 4. The van der Waals surface area contributed by atoms with Crippen LogP contribution in [0.2, 0.25) is 0 Å². The highest BCUT2D eigenvalue weighted by atomic mass is 16.2. The Morgan fingerprint density at radius 1 is 1.04 bits per heavy atom. The molecule has 0 bridgehead atoms. The number of carbonyl (C=O) groups is 1. The second-order valence-corrected chi connectivity index (χ2v) is 8.02. The van der Waals surface area contributed by atoms with E-state index in [0.717, 1.165) is 45.3 Å². The van der Waals surface area contributed by atoms with Crippen molar-refractivity contribution in [3.63, 3.8) is 0 Å². The molecule has 28 heavy (non-hydrogen) atoms.